The zero-order chi connectivity index (χ0) is 19.0. The van der Waals surface area contributed by atoms with Gasteiger partial charge in [-0.3, -0.25) is 4.57 Å². The molecule has 0 bridgehead atoms. The van der Waals surface area contributed by atoms with Gasteiger partial charge in [-0.2, -0.15) is 8.78 Å². The highest BCUT2D eigenvalue weighted by molar-refractivity contribution is 7.53. The first-order chi connectivity index (χ1) is 11.4. The normalized spacial score (nSPS) is 30.9. The molecule has 12 heteroatoms. The summed E-state index contributed by atoms with van der Waals surface area (Å²) in [6, 6.07) is 5.69. The van der Waals surface area contributed by atoms with Crippen LogP contribution < -0.4 is 10.5 Å². The van der Waals surface area contributed by atoms with Crippen molar-refractivity contribution in [3.63, 3.8) is 0 Å². The van der Waals surface area contributed by atoms with E-state index in [-0.39, 0.29) is 5.75 Å². The highest BCUT2D eigenvalue weighted by Crippen LogP contribution is 2.55. The van der Waals surface area contributed by atoms with Crippen LogP contribution in [0.2, 0.25) is 0 Å². The number of rotatable bonds is 5. The molecule has 1 aliphatic rings. The maximum atomic E-state index is 13.6. The molecular weight excluding hydrogens is 367 g/mol. The summed E-state index contributed by atoms with van der Waals surface area (Å²) in [5.41, 5.74) is 1.41. The minimum atomic E-state index is -5.81. The van der Waals surface area contributed by atoms with Gasteiger partial charge in [-0.15, -0.1) is 0 Å². The number of hydrogen-bond donors (Lipinski definition) is 6. The molecule has 1 fully saturated rings. The molecule has 0 aromatic heterocycles. The van der Waals surface area contributed by atoms with Gasteiger partial charge in [-0.25, -0.2) is 0 Å². The van der Waals surface area contributed by atoms with Gasteiger partial charge in [-0.05, 0) is 24.3 Å². The number of halogens is 2. The van der Waals surface area contributed by atoms with E-state index in [1.165, 1.54) is 24.3 Å². The zero-order valence-corrected chi connectivity index (χ0v) is 13.5. The first-order valence-corrected chi connectivity index (χ1v) is 8.69. The molecule has 1 heterocycles. The van der Waals surface area contributed by atoms with Gasteiger partial charge in [-0.1, -0.05) is 0 Å². The summed E-state index contributed by atoms with van der Waals surface area (Å²) in [7, 11) is -5.81. The smallest absolute Gasteiger partial charge is 0.394 e. The van der Waals surface area contributed by atoms with Crippen molar-refractivity contribution in [3.8, 4) is 5.75 Å². The van der Waals surface area contributed by atoms with Crippen LogP contribution in [0.3, 0.4) is 0 Å². The third kappa shape index (κ3) is 4.45. The van der Waals surface area contributed by atoms with Crippen molar-refractivity contribution in [3.05, 3.63) is 24.3 Å². The lowest BCUT2D eigenvalue weighted by Crippen LogP contribution is -2.60. The van der Waals surface area contributed by atoms with E-state index in [0.717, 1.165) is 0 Å². The molecule has 7 N–H and O–H groups in total. The second-order valence-electron chi connectivity index (χ2n) is 5.62. The van der Waals surface area contributed by atoms with E-state index < -0.39 is 50.4 Å². The molecule has 0 unspecified atom stereocenters. The van der Waals surface area contributed by atoms with Crippen molar-refractivity contribution in [2.75, 3.05) is 5.73 Å². The van der Waals surface area contributed by atoms with Crippen LogP contribution >= 0.6 is 7.60 Å². The summed E-state index contributed by atoms with van der Waals surface area (Å²) < 4.78 is 48.2. The number of hydrogen-bond acceptors (Lipinski definition) is 7. The van der Waals surface area contributed by atoms with E-state index in [2.05, 4.69) is 0 Å². The number of aliphatic hydroxyl groups excluding tert-OH is 3. The summed E-state index contributed by atoms with van der Waals surface area (Å²) in [6.07, 6.45) is -10.8. The molecular formula is C13H18F2NO8P. The maximum Gasteiger partial charge on any atom is 0.394 e. The first kappa shape index (κ1) is 20.0. The molecule has 0 saturated carbocycles. The SMILES string of the molecule is Nc1ccc(O[C@H]2O[C@H](CC(F)(F)P(=O)(O)O)[C@@H](O)[C@H](O)[C@@H]2O)cc1. The number of nitrogens with two attached hydrogens (primary N) is 1. The largest absolute Gasteiger partial charge is 0.462 e. The molecule has 2 rings (SSSR count). The molecule has 9 nitrogen and oxygen atoms in total. The van der Waals surface area contributed by atoms with Gasteiger partial charge < -0.3 is 40.3 Å². The Kier molecular flexibility index (Phi) is 5.69. The number of alkyl halides is 2. The van der Waals surface area contributed by atoms with Crippen molar-refractivity contribution in [2.24, 2.45) is 0 Å². The molecule has 1 aliphatic heterocycles. The summed E-state index contributed by atoms with van der Waals surface area (Å²) >= 11 is 0. The van der Waals surface area contributed by atoms with Crippen molar-refractivity contribution < 1.29 is 47.9 Å². The fourth-order valence-electron chi connectivity index (χ4n) is 2.22. The Hall–Kier alpha value is -1.33. The third-order valence-corrected chi connectivity index (χ3v) is 4.71. The molecule has 5 atom stereocenters. The summed E-state index contributed by atoms with van der Waals surface area (Å²) in [5.74, 6) is 0.127. The van der Waals surface area contributed by atoms with Crippen LogP contribution in [0, 0.1) is 0 Å². The van der Waals surface area contributed by atoms with Gasteiger partial charge in [0.1, 0.15) is 24.1 Å². The quantitative estimate of drug-likeness (QED) is 0.293. The van der Waals surface area contributed by atoms with E-state index in [0.29, 0.717) is 5.69 Å². The number of nitrogen functional groups attached to an aromatic ring is 1. The van der Waals surface area contributed by atoms with Gasteiger partial charge in [0.2, 0.25) is 6.29 Å². The fraction of sp³-hybridized carbons (Fsp3) is 0.538. The van der Waals surface area contributed by atoms with Gasteiger partial charge in [0.15, 0.2) is 0 Å². The number of aliphatic hydroxyl groups is 3. The average molecular weight is 385 g/mol. The van der Waals surface area contributed by atoms with Crippen molar-refractivity contribution in [1.82, 2.24) is 0 Å². The van der Waals surface area contributed by atoms with Crippen molar-refractivity contribution in [2.45, 2.75) is 42.8 Å². The predicted octanol–water partition coefficient (Wildman–Crippen LogP) is -0.384. The van der Waals surface area contributed by atoms with Crippen LogP contribution in [0.15, 0.2) is 24.3 Å². The Bertz CT molecular complexity index is 639. The summed E-state index contributed by atoms with van der Waals surface area (Å²) in [5, 5.41) is 29.4. The van der Waals surface area contributed by atoms with Gasteiger partial charge in [0, 0.05) is 5.69 Å². The third-order valence-electron chi connectivity index (χ3n) is 3.67. The number of benzene rings is 1. The van der Waals surface area contributed by atoms with E-state index in [4.69, 9.17) is 25.0 Å². The molecule has 25 heavy (non-hydrogen) atoms. The van der Waals surface area contributed by atoms with Crippen molar-refractivity contribution >= 4 is 13.3 Å². The standard InChI is InChI=1S/C13H18F2NO8P/c14-13(15,25(20,21)22)5-8-9(17)10(18)11(19)12(24-8)23-7-3-1-6(16)2-4-7/h1-4,8-12,17-19H,5,16H2,(H2,20,21,22)/t8-,9-,10+,11+,12+/m1/s1. The number of ether oxygens (including phenoxy) is 2. The van der Waals surface area contributed by atoms with E-state index in [1.807, 2.05) is 0 Å². The Morgan fingerprint density at radius 1 is 1.12 bits per heavy atom. The molecule has 0 radical (unpaired) electrons. The molecule has 1 aromatic carbocycles. The Morgan fingerprint density at radius 3 is 2.20 bits per heavy atom. The van der Waals surface area contributed by atoms with E-state index in [9.17, 15) is 28.7 Å². The molecule has 0 aliphatic carbocycles. The Morgan fingerprint density at radius 2 is 1.68 bits per heavy atom. The lowest BCUT2D eigenvalue weighted by atomic mass is 9.97. The van der Waals surface area contributed by atoms with Gasteiger partial charge in [0.25, 0.3) is 0 Å². The van der Waals surface area contributed by atoms with E-state index in [1.54, 1.807) is 0 Å². The molecule has 0 spiro atoms. The number of anilines is 1. The highest BCUT2D eigenvalue weighted by atomic mass is 31.2. The van der Waals surface area contributed by atoms with Gasteiger partial charge >= 0.3 is 13.3 Å². The zero-order valence-electron chi connectivity index (χ0n) is 12.6. The van der Waals surface area contributed by atoms with Crippen LogP contribution in [-0.4, -0.2) is 61.5 Å². The summed E-state index contributed by atoms with van der Waals surface area (Å²) in [4.78, 5) is 17.4. The van der Waals surface area contributed by atoms with Crippen LogP contribution in [-0.2, 0) is 9.30 Å². The lowest BCUT2D eigenvalue weighted by Gasteiger charge is -2.41. The van der Waals surface area contributed by atoms with E-state index >= 15 is 0 Å². The monoisotopic (exact) mass is 385 g/mol. The highest BCUT2D eigenvalue weighted by Gasteiger charge is 2.55. The predicted molar refractivity (Wildman–Crippen MR) is 79.8 cm³/mol. The summed E-state index contributed by atoms with van der Waals surface area (Å²) in [6.45, 7) is 0. The Labute approximate surface area is 140 Å². The maximum absolute atomic E-state index is 13.6. The average Bonchev–Trinajstić information content (AvgIpc) is 2.50. The minimum absolute atomic E-state index is 0.127. The molecule has 0 amide bonds. The molecule has 1 aromatic rings. The van der Waals surface area contributed by atoms with Crippen LogP contribution in [0.5, 0.6) is 5.75 Å². The Balaban J connectivity index is 2.16. The first-order valence-electron chi connectivity index (χ1n) is 7.08. The van der Waals surface area contributed by atoms with Crippen molar-refractivity contribution in [1.29, 1.82) is 0 Å². The second kappa shape index (κ2) is 7.12. The van der Waals surface area contributed by atoms with Gasteiger partial charge in [0.05, 0.1) is 12.5 Å². The fourth-order valence-corrected chi connectivity index (χ4v) is 2.64. The van der Waals surface area contributed by atoms with Crippen LogP contribution in [0.25, 0.3) is 0 Å². The minimum Gasteiger partial charge on any atom is -0.462 e. The van der Waals surface area contributed by atoms with Crippen LogP contribution in [0.1, 0.15) is 6.42 Å². The lowest BCUT2D eigenvalue weighted by molar-refractivity contribution is -0.279. The van der Waals surface area contributed by atoms with Crippen LogP contribution in [0.4, 0.5) is 14.5 Å². The molecule has 142 valence electrons. The second-order valence-corrected chi connectivity index (χ2v) is 7.36. The molecule has 1 saturated heterocycles. The topological polar surface area (TPSA) is 163 Å².